The largest absolute Gasteiger partial charge is 0.490 e. The Labute approximate surface area is 184 Å². The van der Waals surface area contributed by atoms with Gasteiger partial charge in [-0.05, 0) is 44.4 Å². The van der Waals surface area contributed by atoms with Crippen molar-refractivity contribution in [3.63, 3.8) is 0 Å². The maximum absolute atomic E-state index is 12.8. The molecule has 2 aromatic heterocycles. The molecule has 0 radical (unpaired) electrons. The van der Waals surface area contributed by atoms with Crippen molar-refractivity contribution in [1.82, 2.24) is 14.9 Å². The number of fused-ring (bicyclic) bond motifs is 1. The van der Waals surface area contributed by atoms with Gasteiger partial charge in [0.15, 0.2) is 11.3 Å². The number of benzene rings is 1. The molecule has 4 rings (SSSR count). The molecule has 164 valence electrons. The SMILES string of the molecule is CN(C)CCOc1ccccc1NC1=C(C(=O)O)C(=O)/C(=C/c2c[nH]c3ncccc23)O1. The van der Waals surface area contributed by atoms with E-state index in [0.717, 1.165) is 5.39 Å². The molecule has 0 fully saturated rings. The lowest BCUT2D eigenvalue weighted by Gasteiger charge is -2.15. The van der Waals surface area contributed by atoms with Crippen LogP contribution in [-0.2, 0) is 14.3 Å². The van der Waals surface area contributed by atoms with E-state index in [1.165, 1.54) is 6.08 Å². The number of carboxylic acid groups (broad SMARTS) is 1. The predicted molar refractivity (Wildman–Crippen MR) is 119 cm³/mol. The van der Waals surface area contributed by atoms with Crippen LogP contribution in [0.4, 0.5) is 5.69 Å². The highest BCUT2D eigenvalue weighted by Gasteiger charge is 2.36. The zero-order valence-corrected chi connectivity index (χ0v) is 17.6. The standard InChI is InChI=1S/C23H22N4O5/c1-27(2)10-11-31-17-8-4-3-7-16(17)26-22-19(23(29)30)20(28)18(32-22)12-14-13-25-21-15(14)6-5-9-24-21/h3-9,12-13,26H,10-11H2,1-2H3,(H,24,25)(H,29,30)/b18-12-. The molecule has 1 aliphatic heterocycles. The van der Waals surface area contributed by atoms with Gasteiger partial charge in [0, 0.05) is 29.9 Å². The number of ether oxygens (including phenoxy) is 2. The highest BCUT2D eigenvalue weighted by atomic mass is 16.5. The predicted octanol–water partition coefficient (Wildman–Crippen LogP) is 2.85. The summed E-state index contributed by atoms with van der Waals surface area (Å²) in [6, 6.07) is 10.7. The number of hydrogen-bond donors (Lipinski definition) is 3. The third-order valence-corrected chi connectivity index (χ3v) is 4.80. The second-order valence-corrected chi connectivity index (χ2v) is 7.37. The van der Waals surface area contributed by atoms with E-state index in [1.807, 2.05) is 25.1 Å². The quantitative estimate of drug-likeness (QED) is 0.366. The molecule has 0 spiro atoms. The summed E-state index contributed by atoms with van der Waals surface area (Å²) < 4.78 is 11.5. The van der Waals surface area contributed by atoms with E-state index in [-0.39, 0.29) is 11.6 Å². The van der Waals surface area contributed by atoms with Crippen molar-refractivity contribution in [2.45, 2.75) is 0 Å². The first-order chi connectivity index (χ1) is 15.4. The number of likely N-dealkylation sites (N-methyl/N-ethyl adjacent to an activating group) is 1. The summed E-state index contributed by atoms with van der Waals surface area (Å²) >= 11 is 0. The number of aromatic amines is 1. The van der Waals surface area contributed by atoms with Crippen LogP contribution in [0.25, 0.3) is 17.1 Å². The number of nitrogens with zero attached hydrogens (tertiary/aromatic N) is 2. The van der Waals surface area contributed by atoms with Gasteiger partial charge < -0.3 is 29.8 Å². The van der Waals surface area contributed by atoms with Crippen molar-refractivity contribution < 1.29 is 24.2 Å². The smallest absolute Gasteiger partial charge is 0.345 e. The summed E-state index contributed by atoms with van der Waals surface area (Å²) in [5, 5.41) is 13.3. The summed E-state index contributed by atoms with van der Waals surface area (Å²) in [5.41, 5.74) is 1.33. The number of hydrogen-bond acceptors (Lipinski definition) is 7. The molecule has 9 heteroatoms. The average molecular weight is 434 g/mol. The number of Topliss-reactive ketones (excluding diaryl/α,β-unsaturated/α-hetero) is 1. The lowest BCUT2D eigenvalue weighted by Crippen LogP contribution is -2.19. The Morgan fingerprint density at radius 2 is 2.09 bits per heavy atom. The van der Waals surface area contributed by atoms with Gasteiger partial charge in [-0.3, -0.25) is 4.79 Å². The second-order valence-electron chi connectivity index (χ2n) is 7.37. The molecule has 0 unspecified atom stereocenters. The number of carboxylic acids is 1. The zero-order chi connectivity index (χ0) is 22.7. The number of ketones is 1. The van der Waals surface area contributed by atoms with Crippen LogP contribution in [0.3, 0.4) is 0 Å². The summed E-state index contributed by atoms with van der Waals surface area (Å²) in [7, 11) is 3.88. The molecular formula is C23H22N4O5. The average Bonchev–Trinajstić information content (AvgIpc) is 3.30. The monoisotopic (exact) mass is 434 g/mol. The summed E-state index contributed by atoms with van der Waals surface area (Å²) in [6.45, 7) is 1.15. The van der Waals surface area contributed by atoms with Crippen LogP contribution >= 0.6 is 0 Å². The highest BCUT2D eigenvalue weighted by Crippen LogP contribution is 2.32. The Hall–Kier alpha value is -4.11. The van der Waals surface area contributed by atoms with Crippen molar-refractivity contribution in [2.75, 3.05) is 32.6 Å². The molecule has 0 aliphatic carbocycles. The molecule has 32 heavy (non-hydrogen) atoms. The number of allylic oxidation sites excluding steroid dienone is 1. The minimum atomic E-state index is -1.38. The summed E-state index contributed by atoms with van der Waals surface area (Å²) in [4.78, 5) is 33.8. The second kappa shape index (κ2) is 8.94. The molecule has 3 heterocycles. The first kappa shape index (κ1) is 21.1. The van der Waals surface area contributed by atoms with Crippen molar-refractivity contribution in [1.29, 1.82) is 0 Å². The van der Waals surface area contributed by atoms with Gasteiger partial charge in [0.25, 0.3) is 0 Å². The van der Waals surface area contributed by atoms with Gasteiger partial charge in [0.1, 0.15) is 18.0 Å². The normalized spacial score (nSPS) is 15.0. The molecule has 0 amide bonds. The number of rotatable bonds is 8. The first-order valence-electron chi connectivity index (χ1n) is 9.91. The number of aliphatic carboxylic acids is 1. The number of carbonyl (C=O) groups excluding carboxylic acids is 1. The van der Waals surface area contributed by atoms with Crippen molar-refractivity contribution in [3.8, 4) is 5.75 Å². The lowest BCUT2D eigenvalue weighted by molar-refractivity contribution is -0.134. The Kier molecular flexibility index (Phi) is 5.91. The number of H-pyrrole nitrogens is 1. The number of nitrogens with one attached hydrogen (secondary N) is 2. The zero-order valence-electron chi connectivity index (χ0n) is 17.6. The molecule has 3 aromatic rings. The van der Waals surface area contributed by atoms with Crippen LogP contribution in [0.15, 0.2) is 66.0 Å². The molecule has 9 nitrogen and oxygen atoms in total. The Bertz CT molecular complexity index is 1240. The fourth-order valence-electron chi connectivity index (χ4n) is 3.20. The molecular weight excluding hydrogens is 412 g/mol. The molecule has 0 atom stereocenters. The topological polar surface area (TPSA) is 117 Å². The van der Waals surface area contributed by atoms with Crippen LogP contribution in [0.5, 0.6) is 5.75 Å². The summed E-state index contributed by atoms with van der Waals surface area (Å²) in [6.07, 6.45) is 4.83. The maximum atomic E-state index is 12.8. The van der Waals surface area contributed by atoms with Crippen LogP contribution in [0.1, 0.15) is 5.56 Å². The fraction of sp³-hybridized carbons (Fsp3) is 0.174. The number of para-hydroxylation sites is 2. The first-order valence-corrected chi connectivity index (χ1v) is 9.91. The van der Waals surface area contributed by atoms with Crippen LogP contribution in [0.2, 0.25) is 0 Å². The van der Waals surface area contributed by atoms with Gasteiger partial charge in [0.2, 0.25) is 11.7 Å². The van der Waals surface area contributed by atoms with E-state index in [2.05, 4.69) is 15.3 Å². The van der Waals surface area contributed by atoms with Crippen LogP contribution < -0.4 is 10.1 Å². The van der Waals surface area contributed by atoms with Gasteiger partial charge in [0.05, 0.1) is 5.69 Å². The van der Waals surface area contributed by atoms with Gasteiger partial charge >= 0.3 is 5.97 Å². The molecule has 0 saturated carbocycles. The third-order valence-electron chi connectivity index (χ3n) is 4.80. The van der Waals surface area contributed by atoms with Crippen molar-refractivity contribution in [3.05, 3.63) is 71.6 Å². The van der Waals surface area contributed by atoms with Crippen molar-refractivity contribution in [2.24, 2.45) is 0 Å². The fourth-order valence-corrected chi connectivity index (χ4v) is 3.20. The molecule has 0 saturated heterocycles. The van der Waals surface area contributed by atoms with Crippen molar-refractivity contribution >= 4 is 34.5 Å². The minimum absolute atomic E-state index is 0.0966. The van der Waals surface area contributed by atoms with E-state index < -0.39 is 17.3 Å². The molecule has 3 N–H and O–H groups in total. The highest BCUT2D eigenvalue weighted by molar-refractivity contribution is 6.26. The molecule has 0 bridgehead atoms. The summed E-state index contributed by atoms with van der Waals surface area (Å²) in [5.74, 6) is -1.84. The van der Waals surface area contributed by atoms with E-state index in [4.69, 9.17) is 9.47 Å². The maximum Gasteiger partial charge on any atom is 0.345 e. The van der Waals surface area contributed by atoms with Gasteiger partial charge in [-0.2, -0.15) is 0 Å². The molecule has 1 aliphatic rings. The number of aromatic nitrogens is 2. The Balaban J connectivity index is 1.61. The van der Waals surface area contributed by atoms with E-state index in [1.54, 1.807) is 42.7 Å². The van der Waals surface area contributed by atoms with Gasteiger partial charge in [-0.1, -0.05) is 12.1 Å². The Morgan fingerprint density at radius 1 is 1.28 bits per heavy atom. The number of carbonyl (C=O) groups is 2. The molecule has 1 aromatic carbocycles. The third kappa shape index (κ3) is 4.33. The van der Waals surface area contributed by atoms with E-state index in [0.29, 0.717) is 35.8 Å². The van der Waals surface area contributed by atoms with E-state index >= 15 is 0 Å². The number of pyridine rings is 1. The lowest BCUT2D eigenvalue weighted by atomic mass is 10.1. The number of anilines is 1. The van der Waals surface area contributed by atoms with Crippen LogP contribution in [-0.4, -0.2) is 59.0 Å². The van der Waals surface area contributed by atoms with Gasteiger partial charge in [-0.25, -0.2) is 9.78 Å². The van der Waals surface area contributed by atoms with Crippen LogP contribution in [0, 0.1) is 0 Å². The van der Waals surface area contributed by atoms with E-state index in [9.17, 15) is 14.7 Å². The minimum Gasteiger partial charge on any atom is -0.490 e. The van der Waals surface area contributed by atoms with Gasteiger partial charge in [-0.15, -0.1) is 0 Å². The Morgan fingerprint density at radius 3 is 2.88 bits per heavy atom.